The van der Waals surface area contributed by atoms with Crippen molar-refractivity contribution in [1.82, 2.24) is 0 Å². The van der Waals surface area contributed by atoms with Crippen LogP contribution in [0.4, 0.5) is 0 Å². The summed E-state index contributed by atoms with van der Waals surface area (Å²) in [5, 5.41) is 0. The van der Waals surface area contributed by atoms with Crippen molar-refractivity contribution in [1.29, 1.82) is 0 Å². The Morgan fingerprint density at radius 2 is 2.13 bits per heavy atom. The molecule has 1 saturated heterocycles. The molecule has 6 bridgehead atoms. The third-order valence-corrected chi connectivity index (χ3v) is 5.73. The monoisotopic (exact) mass is 204 g/mol. The Hall–Kier alpha value is -0.300. The molecule has 0 amide bonds. The van der Waals surface area contributed by atoms with E-state index in [-0.39, 0.29) is 5.60 Å². The summed E-state index contributed by atoms with van der Waals surface area (Å²) >= 11 is 0. The molecule has 4 saturated carbocycles. The molecule has 0 aromatic rings. The fourth-order valence-electron chi connectivity index (χ4n) is 5.57. The highest BCUT2D eigenvalue weighted by molar-refractivity contribution is 5.45. The second-order valence-electron chi connectivity index (χ2n) is 6.56. The van der Waals surface area contributed by atoms with Crippen LogP contribution in [0.25, 0.3) is 0 Å². The van der Waals surface area contributed by atoms with Crippen LogP contribution in [0, 0.1) is 29.6 Å². The summed E-state index contributed by atoms with van der Waals surface area (Å²) in [6.45, 7) is 9.32. The van der Waals surface area contributed by atoms with Crippen molar-refractivity contribution >= 4 is 0 Å². The minimum atomic E-state index is 0.283. The predicted molar refractivity (Wildman–Crippen MR) is 59.4 cm³/mol. The van der Waals surface area contributed by atoms with Crippen LogP contribution >= 0.6 is 0 Å². The number of ether oxygens (including phenoxy) is 1. The SMILES string of the molecule is CC(C)=C1[C@@H]2C[C@H]3[C@H]4O[C@@](C(C)C)([C@@H]42)[C@@H]13. The van der Waals surface area contributed by atoms with E-state index in [1.165, 1.54) is 6.42 Å². The molecule has 5 aliphatic rings. The quantitative estimate of drug-likeness (QED) is 0.597. The van der Waals surface area contributed by atoms with Gasteiger partial charge in [-0.3, -0.25) is 0 Å². The van der Waals surface area contributed by atoms with Crippen LogP contribution in [0.5, 0.6) is 0 Å². The summed E-state index contributed by atoms with van der Waals surface area (Å²) in [5.74, 6) is 4.21. The molecule has 0 radical (unpaired) electrons. The van der Waals surface area contributed by atoms with E-state index in [0.29, 0.717) is 12.0 Å². The second-order valence-corrected chi connectivity index (χ2v) is 6.56. The lowest BCUT2D eigenvalue weighted by molar-refractivity contribution is -0.230. The van der Waals surface area contributed by atoms with Gasteiger partial charge in [0.1, 0.15) is 0 Å². The maximum absolute atomic E-state index is 6.29. The van der Waals surface area contributed by atoms with Crippen molar-refractivity contribution < 1.29 is 4.74 Å². The lowest BCUT2D eigenvalue weighted by atomic mass is 9.73. The van der Waals surface area contributed by atoms with Crippen molar-refractivity contribution in [2.45, 2.75) is 45.8 Å². The number of hydrogen-bond donors (Lipinski definition) is 0. The fourth-order valence-corrected chi connectivity index (χ4v) is 5.57. The van der Waals surface area contributed by atoms with Gasteiger partial charge in [0.25, 0.3) is 0 Å². The van der Waals surface area contributed by atoms with Crippen LogP contribution < -0.4 is 0 Å². The van der Waals surface area contributed by atoms with Crippen LogP contribution in [-0.4, -0.2) is 11.7 Å². The van der Waals surface area contributed by atoms with Crippen LogP contribution in [-0.2, 0) is 4.74 Å². The summed E-state index contributed by atoms with van der Waals surface area (Å²) < 4.78 is 6.29. The van der Waals surface area contributed by atoms with E-state index in [0.717, 1.165) is 23.7 Å². The molecule has 1 aliphatic heterocycles. The van der Waals surface area contributed by atoms with Crippen LogP contribution in [0.3, 0.4) is 0 Å². The van der Waals surface area contributed by atoms with Gasteiger partial charge in [-0.05, 0) is 38.0 Å². The summed E-state index contributed by atoms with van der Waals surface area (Å²) in [4.78, 5) is 0. The highest BCUT2D eigenvalue weighted by atomic mass is 16.6. The minimum absolute atomic E-state index is 0.283. The van der Waals surface area contributed by atoms with Gasteiger partial charge in [0.2, 0.25) is 0 Å². The van der Waals surface area contributed by atoms with E-state index in [1.807, 2.05) is 0 Å². The normalized spacial score (nSPS) is 58.2. The van der Waals surface area contributed by atoms with Gasteiger partial charge in [0.05, 0.1) is 11.7 Å². The molecule has 4 aliphatic carbocycles. The Bertz CT molecular complexity index is 377. The molecule has 6 atom stereocenters. The zero-order valence-corrected chi connectivity index (χ0v) is 10.1. The molecular formula is C14H20O. The molecule has 0 N–H and O–H groups in total. The topological polar surface area (TPSA) is 9.23 Å². The third-order valence-electron chi connectivity index (χ3n) is 5.73. The molecule has 0 aromatic carbocycles. The Balaban J connectivity index is 1.90. The van der Waals surface area contributed by atoms with Crippen LogP contribution in [0.1, 0.15) is 34.1 Å². The van der Waals surface area contributed by atoms with Gasteiger partial charge in [-0.2, -0.15) is 0 Å². The summed E-state index contributed by atoms with van der Waals surface area (Å²) in [6.07, 6.45) is 2.10. The van der Waals surface area contributed by atoms with Crippen LogP contribution in [0.15, 0.2) is 11.1 Å². The lowest BCUT2D eigenvalue weighted by Crippen LogP contribution is -2.55. The molecule has 0 spiro atoms. The Labute approximate surface area is 91.9 Å². The summed E-state index contributed by atoms with van der Waals surface area (Å²) in [7, 11) is 0. The maximum Gasteiger partial charge on any atom is 0.0836 e. The minimum Gasteiger partial charge on any atom is -0.370 e. The van der Waals surface area contributed by atoms with Crippen molar-refractivity contribution in [3.8, 4) is 0 Å². The van der Waals surface area contributed by atoms with Crippen molar-refractivity contribution in [2.24, 2.45) is 29.6 Å². The third kappa shape index (κ3) is 0.627. The first kappa shape index (κ1) is 8.81. The standard InChI is InChI=1S/C14H20O/c1-6(2)10-8-5-9-11(10)14(7(3)4)12(8)13(9)15-14/h7-9,11-13H,5H2,1-4H3/t8-,9+,11+,12+,13+,14+/m0/s1. The molecule has 0 aromatic heterocycles. The fraction of sp³-hybridized carbons (Fsp3) is 0.857. The largest absolute Gasteiger partial charge is 0.370 e. The van der Waals surface area contributed by atoms with Gasteiger partial charge in [-0.15, -0.1) is 0 Å². The molecule has 1 nitrogen and oxygen atoms in total. The highest BCUT2D eigenvalue weighted by Crippen LogP contribution is 2.80. The van der Waals surface area contributed by atoms with E-state index in [1.54, 1.807) is 11.1 Å². The predicted octanol–water partition coefficient (Wildman–Crippen LogP) is 3.01. The first-order valence-electron chi connectivity index (χ1n) is 6.44. The second kappa shape index (κ2) is 2.20. The molecule has 15 heavy (non-hydrogen) atoms. The van der Waals surface area contributed by atoms with Gasteiger partial charge in [0.15, 0.2) is 0 Å². The first-order valence-corrected chi connectivity index (χ1v) is 6.44. The molecular weight excluding hydrogens is 184 g/mol. The Morgan fingerprint density at radius 1 is 1.40 bits per heavy atom. The van der Waals surface area contributed by atoms with E-state index in [9.17, 15) is 0 Å². The molecule has 82 valence electrons. The number of allylic oxidation sites excluding steroid dienone is 1. The van der Waals surface area contributed by atoms with Gasteiger partial charge in [-0.25, -0.2) is 0 Å². The van der Waals surface area contributed by atoms with Crippen molar-refractivity contribution in [2.75, 3.05) is 0 Å². The summed E-state index contributed by atoms with van der Waals surface area (Å²) in [5.41, 5.74) is 3.67. The van der Waals surface area contributed by atoms with E-state index >= 15 is 0 Å². The number of rotatable bonds is 1. The molecule has 5 rings (SSSR count). The Morgan fingerprint density at radius 3 is 2.67 bits per heavy atom. The summed E-state index contributed by atoms with van der Waals surface area (Å²) in [6, 6.07) is 0. The molecule has 1 heteroatoms. The average molecular weight is 204 g/mol. The lowest BCUT2D eigenvalue weighted by Gasteiger charge is -2.48. The van der Waals surface area contributed by atoms with Gasteiger partial charge < -0.3 is 4.74 Å². The zero-order chi connectivity index (χ0) is 10.5. The average Bonchev–Trinajstić information content (AvgIpc) is 2.69. The number of hydrogen-bond acceptors (Lipinski definition) is 1. The maximum atomic E-state index is 6.29. The molecule has 5 fully saturated rings. The van der Waals surface area contributed by atoms with Gasteiger partial charge >= 0.3 is 0 Å². The van der Waals surface area contributed by atoms with Crippen LogP contribution in [0.2, 0.25) is 0 Å². The molecule has 0 unspecified atom stereocenters. The van der Waals surface area contributed by atoms with Gasteiger partial charge in [0, 0.05) is 11.8 Å². The smallest absolute Gasteiger partial charge is 0.0836 e. The van der Waals surface area contributed by atoms with Gasteiger partial charge in [-0.1, -0.05) is 25.0 Å². The van der Waals surface area contributed by atoms with Crippen molar-refractivity contribution in [3.63, 3.8) is 0 Å². The van der Waals surface area contributed by atoms with E-state index < -0.39 is 0 Å². The molecule has 1 heterocycles. The Kier molecular flexibility index (Phi) is 1.29. The highest BCUT2D eigenvalue weighted by Gasteiger charge is 2.83. The van der Waals surface area contributed by atoms with Crippen molar-refractivity contribution in [3.05, 3.63) is 11.1 Å². The zero-order valence-electron chi connectivity index (χ0n) is 10.1. The van der Waals surface area contributed by atoms with E-state index in [2.05, 4.69) is 27.7 Å². The first-order chi connectivity index (χ1) is 7.09. The van der Waals surface area contributed by atoms with E-state index in [4.69, 9.17) is 4.74 Å².